The van der Waals surface area contributed by atoms with Crippen molar-refractivity contribution in [3.63, 3.8) is 0 Å². The second-order valence-corrected chi connectivity index (χ2v) is 11.0. The van der Waals surface area contributed by atoms with Crippen LogP contribution >= 0.6 is 12.2 Å². The molecule has 0 aliphatic carbocycles. The van der Waals surface area contributed by atoms with Crippen molar-refractivity contribution in [2.45, 2.75) is 53.5 Å². The van der Waals surface area contributed by atoms with Crippen LogP contribution in [0.2, 0.25) is 0 Å². The maximum absolute atomic E-state index is 13.3. The Morgan fingerprint density at radius 3 is 2.37 bits per heavy atom. The Kier molecular flexibility index (Phi) is 8.40. The fourth-order valence-electron chi connectivity index (χ4n) is 5.38. The van der Waals surface area contributed by atoms with Crippen LogP contribution in [0.5, 0.6) is 0 Å². The average Bonchev–Trinajstić information content (AvgIpc) is 3.10. The number of hydrogen-bond acceptors (Lipinski definition) is 6. The van der Waals surface area contributed by atoms with E-state index in [2.05, 4.69) is 59.1 Å². The lowest BCUT2D eigenvalue weighted by molar-refractivity contribution is -0.127. The van der Waals surface area contributed by atoms with Crippen molar-refractivity contribution in [3.8, 4) is 11.1 Å². The van der Waals surface area contributed by atoms with Crippen molar-refractivity contribution < 1.29 is 4.79 Å². The molecular weight excluding hydrogens is 528 g/mol. The molecule has 2 N–H and O–H groups in total. The molecule has 0 spiro atoms. The predicted octanol–water partition coefficient (Wildman–Crippen LogP) is 6.92. The molecule has 0 fully saturated rings. The Hall–Kier alpha value is -4.17. The molecule has 2 aromatic heterocycles. The average molecular weight is 565 g/mol. The van der Waals surface area contributed by atoms with Crippen LogP contribution in [0.25, 0.3) is 28.0 Å². The van der Waals surface area contributed by atoms with Crippen LogP contribution in [0.1, 0.15) is 55.9 Å². The first-order valence-electron chi connectivity index (χ1n) is 14.2. The SMILES string of the molecule is CCCN(CCC)C(=O)C1=Cc2ccc(-c3ccc4c(=S)n(Cc5nc(C)cc(C)n5)ccc4c3)cc2N=C(N)C1. The first-order chi connectivity index (χ1) is 19.7. The normalized spacial score (nSPS) is 12.9. The molecule has 0 atom stereocenters. The lowest BCUT2D eigenvalue weighted by atomic mass is 9.99. The van der Waals surface area contributed by atoms with Gasteiger partial charge in [0.1, 0.15) is 16.3 Å². The Morgan fingerprint density at radius 1 is 0.976 bits per heavy atom. The summed E-state index contributed by atoms with van der Waals surface area (Å²) in [5.74, 6) is 1.24. The van der Waals surface area contributed by atoms with Crippen LogP contribution in [-0.2, 0) is 11.3 Å². The maximum atomic E-state index is 13.3. The zero-order chi connectivity index (χ0) is 29.1. The monoisotopic (exact) mass is 564 g/mol. The molecular formula is C33H36N6OS. The molecule has 1 amide bonds. The van der Waals surface area contributed by atoms with Crippen molar-refractivity contribution in [2.75, 3.05) is 13.1 Å². The van der Waals surface area contributed by atoms with Gasteiger partial charge in [0.05, 0.1) is 12.2 Å². The van der Waals surface area contributed by atoms with Crippen LogP contribution in [0.15, 0.2) is 65.3 Å². The van der Waals surface area contributed by atoms with Gasteiger partial charge >= 0.3 is 0 Å². The third-order valence-electron chi connectivity index (χ3n) is 7.20. The summed E-state index contributed by atoms with van der Waals surface area (Å²) in [5.41, 5.74) is 12.6. The minimum absolute atomic E-state index is 0.0411. The van der Waals surface area contributed by atoms with E-state index in [1.807, 2.05) is 53.8 Å². The number of nitrogens with two attached hydrogens (primary N) is 1. The predicted molar refractivity (Wildman–Crippen MR) is 170 cm³/mol. The number of amidine groups is 1. The van der Waals surface area contributed by atoms with E-state index < -0.39 is 0 Å². The van der Waals surface area contributed by atoms with Gasteiger partial charge in [0, 0.05) is 53.6 Å². The topological polar surface area (TPSA) is 89.4 Å². The minimum atomic E-state index is 0.0411. The molecule has 0 unspecified atom stereocenters. The third kappa shape index (κ3) is 6.28. The summed E-state index contributed by atoms with van der Waals surface area (Å²) in [4.78, 5) is 29.1. The Morgan fingerprint density at radius 2 is 1.66 bits per heavy atom. The molecule has 0 saturated carbocycles. The van der Waals surface area contributed by atoms with Crippen molar-refractivity contribution in [1.82, 2.24) is 19.4 Å². The summed E-state index contributed by atoms with van der Waals surface area (Å²) in [6, 6.07) is 16.5. The summed E-state index contributed by atoms with van der Waals surface area (Å²) < 4.78 is 2.76. The number of benzene rings is 2. The van der Waals surface area contributed by atoms with Crippen molar-refractivity contribution >= 4 is 46.5 Å². The number of aromatic nitrogens is 3. The summed E-state index contributed by atoms with van der Waals surface area (Å²) in [5, 5.41) is 2.06. The zero-order valence-electron chi connectivity index (χ0n) is 24.1. The second-order valence-electron chi connectivity index (χ2n) is 10.6. The Bertz CT molecular complexity index is 1730. The number of amides is 1. The van der Waals surface area contributed by atoms with Gasteiger partial charge in [0.15, 0.2) is 0 Å². The molecule has 41 heavy (non-hydrogen) atoms. The van der Waals surface area contributed by atoms with Crippen molar-refractivity contribution in [1.29, 1.82) is 0 Å². The van der Waals surface area contributed by atoms with Gasteiger partial charge in [-0.1, -0.05) is 50.3 Å². The molecule has 0 saturated heterocycles. The summed E-state index contributed by atoms with van der Waals surface area (Å²) in [6.07, 6.45) is 6.13. The molecule has 1 aliphatic rings. The highest BCUT2D eigenvalue weighted by Crippen LogP contribution is 2.33. The maximum Gasteiger partial charge on any atom is 0.250 e. The first-order valence-corrected chi connectivity index (χ1v) is 14.6. The number of carbonyl (C=O) groups is 1. The number of hydrogen-bond donors (Lipinski definition) is 1. The van der Waals surface area contributed by atoms with E-state index in [-0.39, 0.29) is 5.91 Å². The van der Waals surface area contributed by atoms with E-state index in [4.69, 9.17) is 18.0 Å². The molecule has 3 heterocycles. The van der Waals surface area contributed by atoms with E-state index in [1.54, 1.807) is 0 Å². The minimum Gasteiger partial charge on any atom is -0.387 e. The van der Waals surface area contributed by atoms with E-state index in [1.165, 1.54) is 0 Å². The van der Waals surface area contributed by atoms with Crippen LogP contribution in [0.3, 0.4) is 0 Å². The van der Waals surface area contributed by atoms with Gasteiger partial charge < -0.3 is 15.2 Å². The van der Waals surface area contributed by atoms with E-state index in [0.717, 1.165) is 80.9 Å². The molecule has 5 rings (SSSR count). The fourth-order valence-corrected chi connectivity index (χ4v) is 5.69. The van der Waals surface area contributed by atoms with Gasteiger partial charge in [-0.15, -0.1) is 0 Å². The molecule has 210 valence electrons. The van der Waals surface area contributed by atoms with Gasteiger partial charge in [-0.2, -0.15) is 0 Å². The highest BCUT2D eigenvalue weighted by molar-refractivity contribution is 7.71. The quantitative estimate of drug-likeness (QED) is 0.235. The number of fused-ring (bicyclic) bond motifs is 2. The van der Waals surface area contributed by atoms with Crippen molar-refractivity contribution in [3.05, 3.63) is 87.7 Å². The lowest BCUT2D eigenvalue weighted by Gasteiger charge is -2.22. The van der Waals surface area contributed by atoms with Gasteiger partial charge in [-0.25, -0.2) is 15.0 Å². The van der Waals surface area contributed by atoms with Crippen LogP contribution in [0.4, 0.5) is 5.69 Å². The fraction of sp³-hybridized carbons (Fsp3) is 0.303. The van der Waals surface area contributed by atoms with Gasteiger partial charge in [0.25, 0.3) is 0 Å². The summed E-state index contributed by atoms with van der Waals surface area (Å²) in [6.45, 7) is 10.1. The number of nitrogens with zero attached hydrogens (tertiary/aromatic N) is 5. The summed E-state index contributed by atoms with van der Waals surface area (Å²) >= 11 is 5.85. The molecule has 8 heteroatoms. The Balaban J connectivity index is 1.45. The Labute approximate surface area is 246 Å². The number of rotatable bonds is 8. The summed E-state index contributed by atoms with van der Waals surface area (Å²) in [7, 11) is 0. The van der Waals surface area contributed by atoms with Crippen LogP contribution < -0.4 is 5.73 Å². The molecule has 0 radical (unpaired) electrons. The first kappa shape index (κ1) is 28.4. The lowest BCUT2D eigenvalue weighted by Crippen LogP contribution is -2.34. The zero-order valence-corrected chi connectivity index (χ0v) is 25.0. The molecule has 0 bridgehead atoms. The number of aliphatic imine (C=N–C) groups is 1. The smallest absolute Gasteiger partial charge is 0.250 e. The standard InChI is InChI=1S/C33H36N6OS/c1-5-12-38(13-6-2)32(40)27-17-26-8-7-24(18-29(26)37-30(34)19-27)23-9-10-28-25(16-23)11-14-39(33(28)41)20-31-35-21(3)15-22(4)36-31/h7-11,14-18H,5-6,12-13,19-20H2,1-4H3,(H2,34,37). The van der Waals surface area contributed by atoms with Gasteiger partial charge in [-0.3, -0.25) is 4.79 Å². The highest BCUT2D eigenvalue weighted by atomic mass is 32.1. The highest BCUT2D eigenvalue weighted by Gasteiger charge is 2.21. The largest absolute Gasteiger partial charge is 0.387 e. The van der Waals surface area contributed by atoms with E-state index in [0.29, 0.717) is 24.4 Å². The molecule has 1 aliphatic heterocycles. The molecule has 2 aromatic carbocycles. The van der Waals surface area contributed by atoms with Crippen LogP contribution in [0, 0.1) is 18.5 Å². The number of carbonyl (C=O) groups excluding carboxylic acids is 1. The number of aryl methyl sites for hydroxylation is 2. The third-order valence-corrected chi connectivity index (χ3v) is 7.65. The van der Waals surface area contributed by atoms with Crippen molar-refractivity contribution in [2.24, 2.45) is 10.7 Å². The van der Waals surface area contributed by atoms with E-state index >= 15 is 0 Å². The van der Waals surface area contributed by atoms with Crippen LogP contribution in [-0.4, -0.2) is 44.3 Å². The number of pyridine rings is 1. The van der Waals surface area contributed by atoms with E-state index in [9.17, 15) is 4.79 Å². The molecule has 4 aromatic rings. The molecule has 7 nitrogen and oxygen atoms in total. The van der Waals surface area contributed by atoms with Gasteiger partial charge in [-0.05, 0) is 73.5 Å². The second kappa shape index (κ2) is 12.1. The van der Waals surface area contributed by atoms with Gasteiger partial charge in [0.2, 0.25) is 5.91 Å².